The first-order chi connectivity index (χ1) is 8.72. The van der Waals surface area contributed by atoms with Crippen LogP contribution in [0.1, 0.15) is 31.7 Å². The first kappa shape index (κ1) is 14.7. The molecule has 0 heterocycles. The highest BCUT2D eigenvalue weighted by atomic mass is 16.1. The second kappa shape index (κ2) is 8.70. The van der Waals surface area contributed by atoms with E-state index in [4.69, 9.17) is 5.73 Å². The summed E-state index contributed by atoms with van der Waals surface area (Å²) in [6.45, 7) is 3.62. The molecular formula is C15H24N2O. The molecule has 0 saturated carbocycles. The van der Waals surface area contributed by atoms with E-state index in [0.29, 0.717) is 12.3 Å². The van der Waals surface area contributed by atoms with Gasteiger partial charge in [0.1, 0.15) is 0 Å². The normalized spacial score (nSPS) is 12.1. The van der Waals surface area contributed by atoms with Gasteiger partial charge in [0, 0.05) is 13.0 Å². The molecule has 1 amide bonds. The van der Waals surface area contributed by atoms with Crippen molar-refractivity contribution in [1.82, 2.24) is 5.32 Å². The molecule has 18 heavy (non-hydrogen) atoms. The van der Waals surface area contributed by atoms with Crippen LogP contribution in [0.25, 0.3) is 0 Å². The predicted molar refractivity (Wildman–Crippen MR) is 75.2 cm³/mol. The third-order valence-electron chi connectivity index (χ3n) is 3.08. The van der Waals surface area contributed by atoms with Crippen LogP contribution >= 0.6 is 0 Å². The highest BCUT2D eigenvalue weighted by molar-refractivity contribution is 5.76. The van der Waals surface area contributed by atoms with Gasteiger partial charge in [-0.2, -0.15) is 0 Å². The number of aryl methyl sites for hydroxylation is 1. The lowest BCUT2D eigenvalue weighted by molar-refractivity contribution is -0.121. The summed E-state index contributed by atoms with van der Waals surface area (Å²) in [4.78, 5) is 11.6. The summed E-state index contributed by atoms with van der Waals surface area (Å²) < 4.78 is 0. The van der Waals surface area contributed by atoms with E-state index in [1.807, 2.05) is 18.2 Å². The summed E-state index contributed by atoms with van der Waals surface area (Å²) in [6.07, 6.45) is 3.47. The second-order valence-electron chi connectivity index (χ2n) is 4.82. The van der Waals surface area contributed by atoms with Crippen molar-refractivity contribution in [3.8, 4) is 0 Å². The summed E-state index contributed by atoms with van der Waals surface area (Å²) in [5, 5.41) is 2.95. The van der Waals surface area contributed by atoms with Gasteiger partial charge in [0.15, 0.2) is 0 Å². The summed E-state index contributed by atoms with van der Waals surface area (Å²) in [6, 6.07) is 10.1. The molecule has 100 valence electrons. The highest BCUT2D eigenvalue weighted by Crippen LogP contribution is 2.03. The number of carbonyl (C=O) groups excluding carboxylic acids is 1. The van der Waals surface area contributed by atoms with E-state index in [0.717, 1.165) is 32.4 Å². The van der Waals surface area contributed by atoms with Crippen molar-refractivity contribution in [3.05, 3.63) is 35.9 Å². The fourth-order valence-corrected chi connectivity index (χ4v) is 1.79. The molecule has 0 radical (unpaired) electrons. The van der Waals surface area contributed by atoms with Gasteiger partial charge < -0.3 is 11.1 Å². The topological polar surface area (TPSA) is 55.1 Å². The van der Waals surface area contributed by atoms with Crippen LogP contribution in [0.4, 0.5) is 0 Å². The summed E-state index contributed by atoms with van der Waals surface area (Å²) in [5.74, 6) is 0.686. The molecule has 1 aromatic carbocycles. The average Bonchev–Trinajstić information content (AvgIpc) is 2.42. The maximum Gasteiger partial charge on any atom is 0.220 e. The Labute approximate surface area is 110 Å². The summed E-state index contributed by atoms with van der Waals surface area (Å²) in [5.41, 5.74) is 6.75. The Hall–Kier alpha value is -1.35. The van der Waals surface area contributed by atoms with E-state index in [9.17, 15) is 4.79 Å². The molecular weight excluding hydrogens is 224 g/mol. The molecule has 1 aromatic rings. The molecule has 0 saturated heterocycles. The van der Waals surface area contributed by atoms with Crippen molar-refractivity contribution >= 4 is 5.91 Å². The predicted octanol–water partition coefficient (Wildman–Crippen LogP) is 2.11. The van der Waals surface area contributed by atoms with Gasteiger partial charge in [-0.15, -0.1) is 0 Å². The van der Waals surface area contributed by atoms with Crippen molar-refractivity contribution < 1.29 is 4.79 Å². The van der Waals surface area contributed by atoms with Crippen LogP contribution in [-0.4, -0.2) is 19.0 Å². The first-order valence-corrected chi connectivity index (χ1v) is 6.73. The second-order valence-corrected chi connectivity index (χ2v) is 4.82. The zero-order chi connectivity index (χ0) is 13.2. The van der Waals surface area contributed by atoms with E-state index in [2.05, 4.69) is 24.4 Å². The lowest BCUT2D eigenvalue weighted by Gasteiger charge is -2.08. The molecule has 3 heteroatoms. The number of benzene rings is 1. The summed E-state index contributed by atoms with van der Waals surface area (Å²) >= 11 is 0. The summed E-state index contributed by atoms with van der Waals surface area (Å²) in [7, 11) is 0. The van der Waals surface area contributed by atoms with E-state index in [1.54, 1.807) is 0 Å². The minimum atomic E-state index is 0.138. The van der Waals surface area contributed by atoms with Gasteiger partial charge in [0.2, 0.25) is 5.91 Å². The van der Waals surface area contributed by atoms with E-state index in [1.165, 1.54) is 5.56 Å². The molecule has 0 aliphatic rings. The number of carbonyl (C=O) groups is 1. The van der Waals surface area contributed by atoms with Gasteiger partial charge in [0.25, 0.3) is 0 Å². The molecule has 1 unspecified atom stereocenters. The Balaban J connectivity index is 2.07. The fraction of sp³-hybridized carbons (Fsp3) is 0.533. The van der Waals surface area contributed by atoms with Gasteiger partial charge in [-0.1, -0.05) is 37.3 Å². The molecule has 0 bridgehead atoms. The zero-order valence-electron chi connectivity index (χ0n) is 11.2. The van der Waals surface area contributed by atoms with Gasteiger partial charge in [-0.25, -0.2) is 0 Å². The van der Waals surface area contributed by atoms with Crippen LogP contribution in [-0.2, 0) is 11.2 Å². The molecule has 0 aliphatic carbocycles. The maximum absolute atomic E-state index is 11.6. The largest absolute Gasteiger partial charge is 0.356 e. The number of amides is 1. The van der Waals surface area contributed by atoms with E-state index < -0.39 is 0 Å². The Morgan fingerprint density at radius 1 is 1.33 bits per heavy atom. The zero-order valence-corrected chi connectivity index (χ0v) is 11.2. The molecule has 0 spiro atoms. The quantitative estimate of drug-likeness (QED) is 0.692. The fourth-order valence-electron chi connectivity index (χ4n) is 1.79. The molecule has 1 rings (SSSR count). The lowest BCUT2D eigenvalue weighted by Crippen LogP contribution is -2.25. The molecule has 0 aliphatic heterocycles. The third kappa shape index (κ3) is 6.40. The average molecular weight is 248 g/mol. The smallest absolute Gasteiger partial charge is 0.220 e. The van der Waals surface area contributed by atoms with Crippen molar-refractivity contribution in [1.29, 1.82) is 0 Å². The van der Waals surface area contributed by atoms with E-state index >= 15 is 0 Å². The highest BCUT2D eigenvalue weighted by Gasteiger charge is 2.02. The Morgan fingerprint density at radius 3 is 2.72 bits per heavy atom. The maximum atomic E-state index is 11.6. The van der Waals surface area contributed by atoms with Crippen LogP contribution in [0.15, 0.2) is 30.3 Å². The number of nitrogens with one attached hydrogen (secondary N) is 1. The Bertz CT molecular complexity index is 338. The standard InChI is InChI=1S/C15H24N2O/c1-13(12-16)6-5-11-17-15(18)10-9-14-7-3-2-4-8-14/h2-4,7-8,13H,5-6,9-12,16H2,1H3,(H,17,18). The minimum Gasteiger partial charge on any atom is -0.356 e. The lowest BCUT2D eigenvalue weighted by atomic mass is 10.1. The Morgan fingerprint density at radius 2 is 2.06 bits per heavy atom. The van der Waals surface area contributed by atoms with Crippen LogP contribution in [0, 0.1) is 5.92 Å². The molecule has 3 N–H and O–H groups in total. The molecule has 0 aromatic heterocycles. The van der Waals surface area contributed by atoms with Gasteiger partial charge in [-0.3, -0.25) is 4.79 Å². The monoisotopic (exact) mass is 248 g/mol. The van der Waals surface area contributed by atoms with Crippen LogP contribution in [0.3, 0.4) is 0 Å². The minimum absolute atomic E-state index is 0.138. The van der Waals surface area contributed by atoms with Gasteiger partial charge in [0.05, 0.1) is 0 Å². The molecule has 3 nitrogen and oxygen atoms in total. The third-order valence-corrected chi connectivity index (χ3v) is 3.08. The first-order valence-electron chi connectivity index (χ1n) is 6.73. The molecule has 0 fully saturated rings. The molecule has 1 atom stereocenters. The van der Waals surface area contributed by atoms with Crippen molar-refractivity contribution in [2.45, 2.75) is 32.6 Å². The van der Waals surface area contributed by atoms with Gasteiger partial charge >= 0.3 is 0 Å². The van der Waals surface area contributed by atoms with Crippen molar-refractivity contribution in [2.24, 2.45) is 11.7 Å². The van der Waals surface area contributed by atoms with Gasteiger partial charge in [-0.05, 0) is 37.3 Å². The van der Waals surface area contributed by atoms with Crippen molar-refractivity contribution in [3.63, 3.8) is 0 Å². The van der Waals surface area contributed by atoms with Crippen LogP contribution in [0.2, 0.25) is 0 Å². The SMILES string of the molecule is CC(CN)CCCNC(=O)CCc1ccccc1. The Kier molecular flexibility index (Phi) is 7.11. The van der Waals surface area contributed by atoms with Crippen molar-refractivity contribution in [2.75, 3.05) is 13.1 Å². The van der Waals surface area contributed by atoms with Crippen LogP contribution in [0.5, 0.6) is 0 Å². The van der Waals surface area contributed by atoms with E-state index in [-0.39, 0.29) is 5.91 Å². The van der Waals surface area contributed by atoms with Crippen LogP contribution < -0.4 is 11.1 Å². The number of hydrogen-bond acceptors (Lipinski definition) is 2. The number of rotatable bonds is 8. The number of hydrogen-bond donors (Lipinski definition) is 2. The number of nitrogens with two attached hydrogens (primary N) is 1.